The molecule has 1 aromatic heterocycles. The summed E-state index contributed by atoms with van der Waals surface area (Å²) in [6, 6.07) is 3.69. The van der Waals surface area contributed by atoms with Crippen molar-refractivity contribution >= 4 is 23.2 Å². The molecule has 138 valence electrons. The van der Waals surface area contributed by atoms with Crippen LogP contribution in [0, 0.1) is 11.8 Å². The quantitative estimate of drug-likeness (QED) is 0.828. The van der Waals surface area contributed by atoms with E-state index in [-0.39, 0.29) is 17.9 Å². The SMILES string of the molecule is CC1CC(C)CN(C(=O)C(C)N2CCN(C(=O)c3cccs3)CC2)C1. The van der Waals surface area contributed by atoms with E-state index in [1.165, 1.54) is 17.8 Å². The summed E-state index contributed by atoms with van der Waals surface area (Å²) in [7, 11) is 0. The first kappa shape index (κ1) is 18.4. The molecule has 2 fully saturated rings. The topological polar surface area (TPSA) is 43.9 Å². The zero-order valence-corrected chi connectivity index (χ0v) is 16.3. The summed E-state index contributed by atoms with van der Waals surface area (Å²) in [5, 5.41) is 1.94. The smallest absolute Gasteiger partial charge is 0.264 e. The van der Waals surface area contributed by atoms with Crippen LogP contribution >= 0.6 is 11.3 Å². The Balaban J connectivity index is 1.53. The van der Waals surface area contributed by atoms with Gasteiger partial charge in [0, 0.05) is 39.3 Å². The Hall–Kier alpha value is -1.40. The molecule has 0 bridgehead atoms. The Kier molecular flexibility index (Phi) is 5.79. The summed E-state index contributed by atoms with van der Waals surface area (Å²) in [6.45, 7) is 11.2. The minimum absolute atomic E-state index is 0.100. The van der Waals surface area contributed by atoms with Crippen LogP contribution in [0.2, 0.25) is 0 Å². The van der Waals surface area contributed by atoms with Crippen molar-refractivity contribution in [2.45, 2.75) is 33.2 Å². The lowest BCUT2D eigenvalue weighted by atomic mass is 9.91. The van der Waals surface area contributed by atoms with Crippen LogP contribution in [0.5, 0.6) is 0 Å². The van der Waals surface area contributed by atoms with Gasteiger partial charge in [-0.3, -0.25) is 14.5 Å². The predicted octanol–water partition coefficient (Wildman–Crippen LogP) is 2.40. The maximum Gasteiger partial charge on any atom is 0.264 e. The van der Waals surface area contributed by atoms with Crippen LogP contribution in [0.4, 0.5) is 0 Å². The number of carbonyl (C=O) groups excluding carboxylic acids is 2. The fourth-order valence-electron chi connectivity index (χ4n) is 4.13. The van der Waals surface area contributed by atoms with Crippen molar-refractivity contribution < 1.29 is 9.59 Å². The van der Waals surface area contributed by atoms with Crippen LogP contribution in [0.3, 0.4) is 0 Å². The normalized spacial score (nSPS) is 26.5. The van der Waals surface area contributed by atoms with Gasteiger partial charge in [0.15, 0.2) is 0 Å². The molecule has 0 aromatic carbocycles. The van der Waals surface area contributed by atoms with Gasteiger partial charge in [0.2, 0.25) is 5.91 Å². The molecule has 0 saturated carbocycles. The number of hydrogen-bond acceptors (Lipinski definition) is 4. The van der Waals surface area contributed by atoms with Crippen molar-refractivity contribution in [2.75, 3.05) is 39.3 Å². The zero-order valence-electron chi connectivity index (χ0n) is 15.5. The van der Waals surface area contributed by atoms with Crippen LogP contribution in [0.1, 0.15) is 36.9 Å². The number of carbonyl (C=O) groups is 2. The third-order valence-corrected chi connectivity index (χ3v) is 6.28. The molecule has 2 saturated heterocycles. The number of piperidine rings is 1. The van der Waals surface area contributed by atoms with Crippen LogP contribution in [0.15, 0.2) is 17.5 Å². The predicted molar refractivity (Wildman–Crippen MR) is 101 cm³/mol. The van der Waals surface area contributed by atoms with Crippen molar-refractivity contribution in [3.8, 4) is 0 Å². The van der Waals surface area contributed by atoms with Gasteiger partial charge in [-0.05, 0) is 36.6 Å². The molecule has 25 heavy (non-hydrogen) atoms. The van der Waals surface area contributed by atoms with Crippen molar-refractivity contribution in [2.24, 2.45) is 11.8 Å². The molecule has 1 aromatic rings. The zero-order chi connectivity index (χ0) is 18.0. The molecule has 0 radical (unpaired) electrons. The van der Waals surface area contributed by atoms with Gasteiger partial charge in [-0.2, -0.15) is 0 Å². The number of amides is 2. The molecule has 0 aliphatic carbocycles. The van der Waals surface area contributed by atoms with E-state index >= 15 is 0 Å². The second-order valence-corrected chi connectivity index (χ2v) is 8.62. The van der Waals surface area contributed by atoms with Crippen LogP contribution in [-0.2, 0) is 4.79 Å². The van der Waals surface area contributed by atoms with E-state index in [4.69, 9.17) is 0 Å². The highest BCUT2D eigenvalue weighted by atomic mass is 32.1. The second-order valence-electron chi connectivity index (χ2n) is 7.67. The minimum atomic E-state index is -0.100. The molecule has 2 aliphatic rings. The summed E-state index contributed by atoms with van der Waals surface area (Å²) in [5.41, 5.74) is 0. The first-order valence-corrected chi connectivity index (χ1v) is 10.2. The van der Waals surface area contributed by atoms with Crippen molar-refractivity contribution in [3.05, 3.63) is 22.4 Å². The fourth-order valence-corrected chi connectivity index (χ4v) is 4.82. The van der Waals surface area contributed by atoms with Gasteiger partial charge in [0.25, 0.3) is 5.91 Å². The molecule has 6 heteroatoms. The van der Waals surface area contributed by atoms with E-state index in [0.717, 1.165) is 31.1 Å². The van der Waals surface area contributed by atoms with Crippen molar-refractivity contribution in [1.82, 2.24) is 14.7 Å². The maximum absolute atomic E-state index is 12.9. The Morgan fingerprint density at radius 2 is 1.72 bits per heavy atom. The van der Waals surface area contributed by atoms with E-state index in [2.05, 4.69) is 18.7 Å². The van der Waals surface area contributed by atoms with E-state index in [0.29, 0.717) is 24.9 Å². The number of piperazine rings is 1. The molecule has 3 atom stereocenters. The van der Waals surface area contributed by atoms with Crippen LogP contribution < -0.4 is 0 Å². The van der Waals surface area contributed by atoms with Crippen LogP contribution in [-0.4, -0.2) is 71.8 Å². The average Bonchev–Trinajstić information content (AvgIpc) is 3.14. The Labute approximate surface area is 154 Å². The van der Waals surface area contributed by atoms with Gasteiger partial charge in [-0.15, -0.1) is 11.3 Å². The van der Waals surface area contributed by atoms with E-state index in [1.54, 1.807) is 0 Å². The van der Waals surface area contributed by atoms with Crippen molar-refractivity contribution in [3.63, 3.8) is 0 Å². The molecule has 0 spiro atoms. The minimum Gasteiger partial charge on any atom is -0.341 e. The highest BCUT2D eigenvalue weighted by Crippen LogP contribution is 2.22. The summed E-state index contributed by atoms with van der Waals surface area (Å²) < 4.78 is 0. The maximum atomic E-state index is 12.9. The van der Waals surface area contributed by atoms with Crippen LogP contribution in [0.25, 0.3) is 0 Å². The Morgan fingerprint density at radius 1 is 1.08 bits per heavy atom. The molecule has 3 heterocycles. The summed E-state index contributed by atoms with van der Waals surface area (Å²) >= 11 is 1.49. The van der Waals surface area contributed by atoms with Gasteiger partial charge >= 0.3 is 0 Å². The molecule has 3 unspecified atom stereocenters. The molecule has 2 aliphatic heterocycles. The lowest BCUT2D eigenvalue weighted by Crippen LogP contribution is -2.56. The fraction of sp³-hybridized carbons (Fsp3) is 0.684. The second kappa shape index (κ2) is 7.87. The van der Waals surface area contributed by atoms with Crippen molar-refractivity contribution in [1.29, 1.82) is 0 Å². The number of thiophene rings is 1. The van der Waals surface area contributed by atoms with Gasteiger partial charge in [0.05, 0.1) is 10.9 Å². The molecule has 5 nitrogen and oxygen atoms in total. The molecule has 0 N–H and O–H groups in total. The standard InChI is InChI=1S/C19H29N3O2S/c1-14-11-15(2)13-22(12-14)18(23)16(3)20-6-8-21(9-7-20)19(24)17-5-4-10-25-17/h4-5,10,14-16H,6-9,11-13H2,1-3H3. The number of nitrogens with zero attached hydrogens (tertiary/aromatic N) is 3. The van der Waals surface area contributed by atoms with E-state index in [1.807, 2.05) is 34.2 Å². The van der Waals surface area contributed by atoms with Gasteiger partial charge in [-0.25, -0.2) is 0 Å². The number of likely N-dealkylation sites (tertiary alicyclic amines) is 1. The lowest BCUT2D eigenvalue weighted by Gasteiger charge is -2.41. The summed E-state index contributed by atoms with van der Waals surface area (Å²) in [5.74, 6) is 1.53. The number of rotatable bonds is 3. The first-order valence-electron chi connectivity index (χ1n) is 9.31. The summed E-state index contributed by atoms with van der Waals surface area (Å²) in [6.07, 6.45) is 1.21. The van der Waals surface area contributed by atoms with Gasteiger partial charge < -0.3 is 9.80 Å². The lowest BCUT2D eigenvalue weighted by molar-refractivity contribution is -0.139. The average molecular weight is 364 g/mol. The monoisotopic (exact) mass is 363 g/mol. The van der Waals surface area contributed by atoms with E-state index < -0.39 is 0 Å². The molecule has 2 amide bonds. The Morgan fingerprint density at radius 3 is 2.28 bits per heavy atom. The highest BCUT2D eigenvalue weighted by Gasteiger charge is 2.33. The van der Waals surface area contributed by atoms with Gasteiger partial charge in [0.1, 0.15) is 0 Å². The van der Waals surface area contributed by atoms with Gasteiger partial charge in [-0.1, -0.05) is 19.9 Å². The Bertz CT molecular complexity index is 586. The largest absolute Gasteiger partial charge is 0.341 e. The summed E-state index contributed by atoms with van der Waals surface area (Å²) in [4.78, 5) is 32.3. The number of hydrogen-bond donors (Lipinski definition) is 0. The molecule has 3 rings (SSSR count). The highest BCUT2D eigenvalue weighted by molar-refractivity contribution is 7.12. The molecular weight excluding hydrogens is 334 g/mol. The third kappa shape index (κ3) is 4.23. The molecular formula is C19H29N3O2S. The first-order chi connectivity index (χ1) is 12.0. The van der Waals surface area contributed by atoms with E-state index in [9.17, 15) is 9.59 Å². The third-order valence-electron chi connectivity index (χ3n) is 5.42.